The Hall–Kier alpha value is -1.56. The first kappa shape index (κ1) is 14.5. The smallest absolute Gasteiger partial charge is 0.254 e. The Morgan fingerprint density at radius 2 is 2.06 bits per heavy atom. The molecule has 0 saturated heterocycles. The lowest BCUT2D eigenvalue weighted by molar-refractivity contribution is 0.0949. The molecule has 0 unspecified atom stereocenters. The molecule has 1 amide bonds. The van der Waals surface area contributed by atoms with Gasteiger partial charge >= 0.3 is 0 Å². The van der Waals surface area contributed by atoms with Gasteiger partial charge in [-0.3, -0.25) is 4.79 Å². The van der Waals surface area contributed by atoms with Crippen LogP contribution in [0.3, 0.4) is 0 Å². The summed E-state index contributed by atoms with van der Waals surface area (Å²) >= 11 is 4.68. The Balaban J connectivity index is 2.62. The normalized spacial score (nSPS) is 10.2. The molecule has 0 spiro atoms. The highest BCUT2D eigenvalue weighted by molar-refractivity contribution is 7.80. The fourth-order valence-electron chi connectivity index (χ4n) is 1.39. The lowest BCUT2D eigenvalue weighted by Crippen LogP contribution is -2.26. The maximum absolute atomic E-state index is 13.4. The molecule has 6 heteroatoms. The number of amides is 1. The summed E-state index contributed by atoms with van der Waals surface area (Å²) in [6.07, 6.45) is 1.10. The van der Waals surface area contributed by atoms with Crippen LogP contribution in [0.5, 0.6) is 0 Å². The molecule has 3 N–H and O–H groups in total. The van der Waals surface area contributed by atoms with Gasteiger partial charge in [-0.05, 0) is 31.4 Å². The summed E-state index contributed by atoms with van der Waals surface area (Å²) in [6, 6.07) is 1.90. The van der Waals surface area contributed by atoms with Gasteiger partial charge in [-0.2, -0.15) is 0 Å². The summed E-state index contributed by atoms with van der Waals surface area (Å²) in [5, 5.41) is 2.53. The molecule has 0 aliphatic carbocycles. The highest BCUT2D eigenvalue weighted by atomic mass is 32.1. The highest BCUT2D eigenvalue weighted by Crippen LogP contribution is 2.14. The lowest BCUT2D eigenvalue weighted by atomic mass is 10.1. The van der Waals surface area contributed by atoms with Crippen LogP contribution in [-0.4, -0.2) is 17.4 Å². The van der Waals surface area contributed by atoms with E-state index in [1.54, 1.807) is 0 Å². The molecular weight excluding hydrogens is 258 g/mol. The number of benzene rings is 1. The van der Waals surface area contributed by atoms with Crippen molar-refractivity contribution in [3.63, 3.8) is 0 Å². The Kier molecular flexibility index (Phi) is 5.15. The largest absolute Gasteiger partial charge is 0.393 e. The third-order valence-electron chi connectivity index (χ3n) is 2.38. The van der Waals surface area contributed by atoms with E-state index in [-0.39, 0.29) is 11.1 Å². The van der Waals surface area contributed by atoms with Gasteiger partial charge in [0.1, 0.15) is 11.6 Å². The van der Waals surface area contributed by atoms with Crippen LogP contribution in [0.4, 0.5) is 8.78 Å². The third-order valence-corrected chi connectivity index (χ3v) is 2.58. The minimum Gasteiger partial charge on any atom is -0.393 e. The molecule has 0 saturated carbocycles. The van der Waals surface area contributed by atoms with Crippen molar-refractivity contribution in [2.45, 2.75) is 19.8 Å². The zero-order valence-corrected chi connectivity index (χ0v) is 10.7. The number of nitrogens with one attached hydrogen (secondary N) is 1. The lowest BCUT2D eigenvalue weighted by Gasteiger charge is -2.07. The van der Waals surface area contributed by atoms with Gasteiger partial charge in [0, 0.05) is 12.6 Å². The molecule has 0 bridgehead atoms. The molecule has 18 heavy (non-hydrogen) atoms. The second-order valence-electron chi connectivity index (χ2n) is 3.91. The van der Waals surface area contributed by atoms with E-state index >= 15 is 0 Å². The minimum absolute atomic E-state index is 0.163. The number of carbonyl (C=O) groups excluding carboxylic acids is 1. The summed E-state index contributed by atoms with van der Waals surface area (Å²) in [7, 11) is 0. The molecule has 0 atom stereocenters. The highest BCUT2D eigenvalue weighted by Gasteiger charge is 2.13. The van der Waals surface area contributed by atoms with Crippen LogP contribution < -0.4 is 11.1 Å². The predicted molar refractivity (Wildman–Crippen MR) is 69.4 cm³/mol. The summed E-state index contributed by atoms with van der Waals surface area (Å²) in [5.74, 6) is -2.11. The maximum Gasteiger partial charge on any atom is 0.254 e. The van der Waals surface area contributed by atoms with Crippen LogP contribution >= 0.6 is 12.2 Å². The van der Waals surface area contributed by atoms with E-state index in [1.807, 2.05) is 0 Å². The van der Waals surface area contributed by atoms with Crippen molar-refractivity contribution >= 4 is 23.1 Å². The molecule has 98 valence electrons. The molecule has 0 aliphatic rings. The van der Waals surface area contributed by atoms with E-state index in [0.717, 1.165) is 0 Å². The van der Waals surface area contributed by atoms with E-state index in [0.29, 0.717) is 30.4 Å². The maximum atomic E-state index is 13.4. The zero-order valence-electron chi connectivity index (χ0n) is 9.93. The fraction of sp³-hybridized carbons (Fsp3) is 0.333. The van der Waals surface area contributed by atoms with E-state index in [9.17, 15) is 13.6 Å². The Bertz CT molecular complexity index is 477. The molecule has 1 aromatic carbocycles. The van der Waals surface area contributed by atoms with Gasteiger partial charge in [0.2, 0.25) is 0 Å². The van der Waals surface area contributed by atoms with Gasteiger partial charge in [0.05, 0.1) is 10.6 Å². The quantitative estimate of drug-likeness (QED) is 0.637. The fourth-order valence-corrected chi connectivity index (χ4v) is 1.54. The number of aryl methyl sites for hydroxylation is 1. The van der Waals surface area contributed by atoms with Crippen molar-refractivity contribution in [2.24, 2.45) is 5.73 Å². The van der Waals surface area contributed by atoms with Crippen molar-refractivity contribution < 1.29 is 13.6 Å². The van der Waals surface area contributed by atoms with E-state index in [2.05, 4.69) is 17.5 Å². The first-order valence-corrected chi connectivity index (χ1v) is 5.84. The zero-order chi connectivity index (χ0) is 13.7. The van der Waals surface area contributed by atoms with E-state index in [1.165, 1.54) is 13.0 Å². The topological polar surface area (TPSA) is 55.1 Å². The average Bonchev–Trinajstić information content (AvgIpc) is 2.28. The molecule has 0 aromatic heterocycles. The van der Waals surface area contributed by atoms with Crippen molar-refractivity contribution in [1.29, 1.82) is 0 Å². The van der Waals surface area contributed by atoms with Crippen LogP contribution in [0.1, 0.15) is 28.8 Å². The van der Waals surface area contributed by atoms with Crippen molar-refractivity contribution in [2.75, 3.05) is 6.54 Å². The van der Waals surface area contributed by atoms with Gasteiger partial charge in [0.15, 0.2) is 0 Å². The van der Waals surface area contributed by atoms with Crippen molar-refractivity contribution in [1.82, 2.24) is 5.32 Å². The number of nitrogens with two attached hydrogens (primary N) is 1. The molecule has 0 heterocycles. The summed E-state index contributed by atoms with van der Waals surface area (Å²) in [4.78, 5) is 12.0. The second kappa shape index (κ2) is 6.39. The van der Waals surface area contributed by atoms with Crippen LogP contribution in [0.2, 0.25) is 0 Å². The molecule has 0 fully saturated rings. The summed E-state index contributed by atoms with van der Waals surface area (Å²) in [5.41, 5.74) is 5.36. The number of halogens is 2. The Morgan fingerprint density at radius 1 is 1.39 bits per heavy atom. The minimum atomic E-state index is -0.870. The molecule has 1 rings (SSSR count). The van der Waals surface area contributed by atoms with Gasteiger partial charge in [-0.25, -0.2) is 8.78 Å². The van der Waals surface area contributed by atoms with E-state index in [4.69, 9.17) is 5.73 Å². The number of rotatable bonds is 5. The molecule has 3 nitrogen and oxygen atoms in total. The first-order chi connectivity index (χ1) is 8.41. The number of carbonyl (C=O) groups is 1. The average molecular weight is 272 g/mol. The summed E-state index contributed by atoms with van der Waals surface area (Å²) in [6.45, 7) is 1.81. The molecule has 0 aliphatic heterocycles. The van der Waals surface area contributed by atoms with Crippen LogP contribution in [0, 0.1) is 18.6 Å². The van der Waals surface area contributed by atoms with Gasteiger partial charge in [-0.15, -0.1) is 0 Å². The monoisotopic (exact) mass is 272 g/mol. The van der Waals surface area contributed by atoms with Gasteiger partial charge in [-0.1, -0.05) is 12.2 Å². The summed E-state index contributed by atoms with van der Waals surface area (Å²) < 4.78 is 26.4. The van der Waals surface area contributed by atoms with Crippen molar-refractivity contribution in [3.8, 4) is 0 Å². The van der Waals surface area contributed by atoms with E-state index < -0.39 is 17.5 Å². The van der Waals surface area contributed by atoms with Gasteiger partial charge in [0.25, 0.3) is 5.91 Å². The molecule has 1 aromatic rings. The van der Waals surface area contributed by atoms with Crippen molar-refractivity contribution in [3.05, 3.63) is 34.9 Å². The Labute approximate surface area is 109 Å². The molecule has 0 radical (unpaired) electrons. The predicted octanol–water partition coefficient (Wildman–Crippen LogP) is 2.07. The van der Waals surface area contributed by atoms with Gasteiger partial charge < -0.3 is 11.1 Å². The standard InChI is InChI=1S/C12H14F2N2OS/c1-7-5-8(10(14)6-9(7)13)12(17)16-4-2-3-11(15)18/h5-6H,2-4H2,1H3,(H2,15,18)(H,16,17). The first-order valence-electron chi connectivity index (χ1n) is 5.44. The molecular formula is C12H14F2N2OS. The number of hydrogen-bond donors (Lipinski definition) is 2. The van der Waals surface area contributed by atoms with Crippen LogP contribution in [0.15, 0.2) is 12.1 Å². The SMILES string of the molecule is Cc1cc(C(=O)NCCCC(N)=S)c(F)cc1F. The van der Waals surface area contributed by atoms with Crippen LogP contribution in [-0.2, 0) is 0 Å². The third kappa shape index (κ3) is 4.03. The number of thiocarbonyl (C=S) groups is 1. The Morgan fingerprint density at radius 3 is 2.67 bits per heavy atom. The van der Waals surface area contributed by atoms with Crippen LogP contribution in [0.25, 0.3) is 0 Å². The second-order valence-corrected chi connectivity index (χ2v) is 4.43. The number of hydrogen-bond acceptors (Lipinski definition) is 2.